The van der Waals surface area contributed by atoms with Gasteiger partial charge in [0.25, 0.3) is 0 Å². The van der Waals surface area contributed by atoms with Crippen LogP contribution in [-0.2, 0) is 0 Å². The lowest BCUT2D eigenvalue weighted by Gasteiger charge is -2.05. The zero-order chi connectivity index (χ0) is 10.8. The summed E-state index contributed by atoms with van der Waals surface area (Å²) in [6.45, 7) is 11.3. The molecule has 0 atom stereocenters. The normalized spacial score (nSPS) is 8.43. The van der Waals surface area contributed by atoms with Gasteiger partial charge in [-0.05, 0) is 26.0 Å². The molecule has 2 heteroatoms. The molecule has 0 saturated carbocycles. The van der Waals surface area contributed by atoms with Gasteiger partial charge >= 0.3 is 0 Å². The van der Waals surface area contributed by atoms with Crippen molar-refractivity contribution in [2.24, 2.45) is 0 Å². The van der Waals surface area contributed by atoms with Crippen LogP contribution in [0.15, 0.2) is 37.4 Å². The zero-order valence-electron chi connectivity index (χ0n) is 8.95. The summed E-state index contributed by atoms with van der Waals surface area (Å²) in [7, 11) is 0. The number of benzene rings is 1. The molecule has 0 heterocycles. The van der Waals surface area contributed by atoms with E-state index in [0.717, 1.165) is 11.5 Å². The summed E-state index contributed by atoms with van der Waals surface area (Å²) in [5.41, 5.74) is 0. The van der Waals surface area contributed by atoms with Crippen molar-refractivity contribution in [3.05, 3.63) is 37.4 Å². The molecule has 1 rings (SSSR count). The van der Waals surface area contributed by atoms with E-state index in [9.17, 15) is 0 Å². The van der Waals surface area contributed by atoms with E-state index >= 15 is 0 Å². The summed E-state index contributed by atoms with van der Waals surface area (Å²) in [5, 5.41) is 0. The Morgan fingerprint density at radius 1 is 1.00 bits per heavy atom. The van der Waals surface area contributed by atoms with Crippen molar-refractivity contribution in [3.63, 3.8) is 0 Å². The Morgan fingerprint density at radius 2 is 1.43 bits per heavy atom. The molecular weight excluding hydrogens is 176 g/mol. The maximum Gasteiger partial charge on any atom is 0.122 e. The van der Waals surface area contributed by atoms with Gasteiger partial charge in [-0.15, -0.1) is 13.2 Å². The highest BCUT2D eigenvalue weighted by molar-refractivity contribution is 5.32. The number of hydrogen-bond donors (Lipinski definition) is 0. The van der Waals surface area contributed by atoms with Crippen LogP contribution in [0.1, 0.15) is 13.8 Å². The first kappa shape index (κ1) is 12.6. The molecule has 0 radical (unpaired) electrons. The third kappa shape index (κ3) is 4.55. The van der Waals surface area contributed by atoms with Crippen molar-refractivity contribution in [2.75, 3.05) is 13.2 Å². The number of ether oxygens (including phenoxy) is 2. The Hall–Kier alpha value is -1.44. The van der Waals surface area contributed by atoms with Crippen LogP contribution in [0.25, 0.3) is 0 Å². The summed E-state index contributed by atoms with van der Waals surface area (Å²) in [4.78, 5) is 0. The van der Waals surface area contributed by atoms with Crippen LogP contribution in [-0.4, -0.2) is 13.2 Å². The second kappa shape index (κ2) is 8.17. The largest absolute Gasteiger partial charge is 0.494 e. The first-order valence-corrected chi connectivity index (χ1v) is 4.72. The fourth-order valence-corrected chi connectivity index (χ4v) is 0.987. The molecule has 1 aromatic rings. The summed E-state index contributed by atoms with van der Waals surface area (Å²) in [6.07, 6.45) is 0. The fourth-order valence-electron chi connectivity index (χ4n) is 0.987. The molecule has 78 valence electrons. The molecule has 0 spiro atoms. The molecule has 0 aliphatic heterocycles. The Kier molecular flexibility index (Phi) is 7.33. The topological polar surface area (TPSA) is 18.5 Å². The van der Waals surface area contributed by atoms with E-state index < -0.39 is 0 Å². The second-order valence-electron chi connectivity index (χ2n) is 2.34. The predicted octanol–water partition coefficient (Wildman–Crippen LogP) is 3.29. The third-order valence-corrected chi connectivity index (χ3v) is 1.43. The average Bonchev–Trinajstić information content (AvgIpc) is 2.22. The van der Waals surface area contributed by atoms with Gasteiger partial charge in [-0.25, -0.2) is 0 Å². The SMILES string of the molecule is C=C.CCOc1cccc(OCC)c1. The van der Waals surface area contributed by atoms with Crippen LogP contribution in [0.3, 0.4) is 0 Å². The zero-order valence-corrected chi connectivity index (χ0v) is 8.95. The van der Waals surface area contributed by atoms with Crippen LogP contribution < -0.4 is 9.47 Å². The van der Waals surface area contributed by atoms with Crippen LogP contribution in [0.2, 0.25) is 0 Å². The van der Waals surface area contributed by atoms with Gasteiger partial charge in [0.1, 0.15) is 11.5 Å². The summed E-state index contributed by atoms with van der Waals surface area (Å²) in [5.74, 6) is 1.73. The lowest BCUT2D eigenvalue weighted by atomic mass is 10.3. The van der Waals surface area contributed by atoms with E-state index in [-0.39, 0.29) is 0 Å². The maximum atomic E-state index is 5.31. The van der Waals surface area contributed by atoms with Gasteiger partial charge in [0.15, 0.2) is 0 Å². The van der Waals surface area contributed by atoms with E-state index in [4.69, 9.17) is 9.47 Å². The molecule has 1 aromatic carbocycles. The molecule has 0 aromatic heterocycles. The molecule has 0 fully saturated rings. The molecule has 0 aliphatic rings. The van der Waals surface area contributed by atoms with Crippen LogP contribution in [0.4, 0.5) is 0 Å². The van der Waals surface area contributed by atoms with Crippen molar-refractivity contribution in [2.45, 2.75) is 13.8 Å². The van der Waals surface area contributed by atoms with Gasteiger partial charge in [-0.3, -0.25) is 0 Å². The van der Waals surface area contributed by atoms with Gasteiger partial charge in [-0.2, -0.15) is 0 Å². The minimum Gasteiger partial charge on any atom is -0.494 e. The molecule has 0 N–H and O–H groups in total. The maximum absolute atomic E-state index is 5.31. The molecule has 0 amide bonds. The van der Waals surface area contributed by atoms with Gasteiger partial charge in [0.05, 0.1) is 13.2 Å². The monoisotopic (exact) mass is 194 g/mol. The molecule has 2 nitrogen and oxygen atoms in total. The van der Waals surface area contributed by atoms with Gasteiger partial charge in [-0.1, -0.05) is 6.07 Å². The first-order chi connectivity index (χ1) is 6.86. The molecule has 0 saturated heterocycles. The van der Waals surface area contributed by atoms with Gasteiger partial charge in [0.2, 0.25) is 0 Å². The average molecular weight is 194 g/mol. The van der Waals surface area contributed by atoms with Crippen molar-refractivity contribution in [1.29, 1.82) is 0 Å². The highest BCUT2D eigenvalue weighted by Gasteiger charge is 1.94. The molecule has 0 bridgehead atoms. The van der Waals surface area contributed by atoms with E-state index in [1.165, 1.54) is 0 Å². The van der Waals surface area contributed by atoms with Gasteiger partial charge in [0, 0.05) is 6.07 Å². The van der Waals surface area contributed by atoms with E-state index in [2.05, 4.69) is 13.2 Å². The van der Waals surface area contributed by atoms with Crippen molar-refractivity contribution in [1.82, 2.24) is 0 Å². The van der Waals surface area contributed by atoms with E-state index in [1.54, 1.807) is 0 Å². The Bertz CT molecular complexity index is 225. The first-order valence-electron chi connectivity index (χ1n) is 4.72. The second-order valence-corrected chi connectivity index (χ2v) is 2.34. The van der Waals surface area contributed by atoms with Crippen molar-refractivity contribution in [3.8, 4) is 11.5 Å². The highest BCUT2D eigenvalue weighted by atomic mass is 16.5. The van der Waals surface area contributed by atoms with Crippen LogP contribution in [0, 0.1) is 0 Å². The van der Waals surface area contributed by atoms with Crippen LogP contribution in [0.5, 0.6) is 11.5 Å². The summed E-state index contributed by atoms with van der Waals surface area (Å²) < 4.78 is 10.6. The third-order valence-electron chi connectivity index (χ3n) is 1.43. The lowest BCUT2D eigenvalue weighted by molar-refractivity contribution is 0.323. The number of rotatable bonds is 4. The minimum atomic E-state index is 0.690. The fraction of sp³-hybridized carbons (Fsp3) is 0.333. The molecule has 0 aliphatic carbocycles. The van der Waals surface area contributed by atoms with Gasteiger partial charge < -0.3 is 9.47 Å². The Morgan fingerprint density at radius 3 is 1.79 bits per heavy atom. The number of hydrogen-bond acceptors (Lipinski definition) is 2. The molecule has 14 heavy (non-hydrogen) atoms. The van der Waals surface area contributed by atoms with E-state index in [0.29, 0.717) is 13.2 Å². The van der Waals surface area contributed by atoms with Crippen LogP contribution >= 0.6 is 0 Å². The van der Waals surface area contributed by atoms with Crippen molar-refractivity contribution >= 4 is 0 Å². The Labute approximate surface area is 86.2 Å². The minimum absolute atomic E-state index is 0.690. The quantitative estimate of drug-likeness (QED) is 0.685. The smallest absolute Gasteiger partial charge is 0.122 e. The predicted molar refractivity (Wildman–Crippen MR) is 60.0 cm³/mol. The lowest BCUT2D eigenvalue weighted by Crippen LogP contribution is -1.94. The summed E-state index contributed by atoms with van der Waals surface area (Å²) in [6, 6.07) is 7.67. The molecular formula is C12H18O2. The van der Waals surface area contributed by atoms with Crippen molar-refractivity contribution < 1.29 is 9.47 Å². The highest BCUT2D eigenvalue weighted by Crippen LogP contribution is 2.18. The summed E-state index contributed by atoms with van der Waals surface area (Å²) >= 11 is 0. The van der Waals surface area contributed by atoms with E-state index in [1.807, 2.05) is 38.1 Å². The standard InChI is InChI=1S/C10H14O2.C2H4/c1-3-11-9-6-5-7-10(8-9)12-4-2;1-2/h5-8H,3-4H2,1-2H3;1-2H2. The molecule has 0 unspecified atom stereocenters. The Balaban J connectivity index is 0.000000791.